The second-order valence-electron chi connectivity index (χ2n) is 3.34. The molecule has 0 N–H and O–H groups in total. The summed E-state index contributed by atoms with van der Waals surface area (Å²) in [6, 6.07) is 0. The zero-order valence-corrected chi connectivity index (χ0v) is 8.13. The molecule has 1 unspecified atom stereocenters. The number of ether oxygens (including phenoxy) is 1. The third-order valence-electron chi connectivity index (χ3n) is 2.08. The summed E-state index contributed by atoms with van der Waals surface area (Å²) in [6.45, 7) is 5.39. The predicted octanol–water partition coefficient (Wildman–Crippen LogP) is 1.70. The Kier molecular flexibility index (Phi) is 4.01. The molecule has 0 aliphatic heterocycles. The number of hydrogen-bond donors (Lipinski definition) is 0. The van der Waals surface area contributed by atoms with Gasteiger partial charge in [0.05, 0.1) is 5.92 Å². The van der Waals surface area contributed by atoms with E-state index in [1.165, 1.54) is 6.26 Å². The van der Waals surface area contributed by atoms with Gasteiger partial charge in [-0.15, -0.1) is 11.7 Å². The Labute approximate surface area is 78.7 Å². The molecule has 0 saturated carbocycles. The standard InChI is InChI=1S/C10H13NO2/c1-5-8(9(12)13-7-11)10(3,4)6-2/h2,8H,5H2,1,3-4H3. The van der Waals surface area contributed by atoms with Crippen LogP contribution in [0.25, 0.3) is 0 Å². The van der Waals surface area contributed by atoms with Gasteiger partial charge < -0.3 is 4.74 Å². The van der Waals surface area contributed by atoms with Crippen LogP contribution in [-0.4, -0.2) is 5.97 Å². The summed E-state index contributed by atoms with van der Waals surface area (Å²) in [7, 11) is 0. The van der Waals surface area contributed by atoms with Crippen molar-refractivity contribution in [3.05, 3.63) is 0 Å². The van der Waals surface area contributed by atoms with E-state index in [0.717, 1.165) is 0 Å². The highest BCUT2D eigenvalue weighted by atomic mass is 16.5. The number of terminal acetylenes is 1. The van der Waals surface area contributed by atoms with E-state index >= 15 is 0 Å². The van der Waals surface area contributed by atoms with Gasteiger partial charge in [0.25, 0.3) is 6.26 Å². The molecule has 3 nitrogen and oxygen atoms in total. The van der Waals surface area contributed by atoms with E-state index in [1.54, 1.807) is 13.8 Å². The number of nitriles is 1. The van der Waals surface area contributed by atoms with E-state index in [1.807, 2.05) is 6.92 Å². The molecule has 0 bridgehead atoms. The third-order valence-corrected chi connectivity index (χ3v) is 2.08. The van der Waals surface area contributed by atoms with Crippen LogP contribution in [0.5, 0.6) is 0 Å². The maximum atomic E-state index is 11.2. The van der Waals surface area contributed by atoms with Crippen molar-refractivity contribution in [3.63, 3.8) is 0 Å². The molecule has 0 aliphatic rings. The maximum absolute atomic E-state index is 11.2. The molecule has 0 rings (SSSR count). The predicted molar refractivity (Wildman–Crippen MR) is 48.1 cm³/mol. The zero-order chi connectivity index (χ0) is 10.5. The average molecular weight is 179 g/mol. The van der Waals surface area contributed by atoms with Crippen LogP contribution >= 0.6 is 0 Å². The van der Waals surface area contributed by atoms with Crippen molar-refractivity contribution in [3.8, 4) is 18.6 Å². The van der Waals surface area contributed by atoms with Crippen molar-refractivity contribution < 1.29 is 9.53 Å². The molecule has 0 aromatic heterocycles. The highest BCUT2D eigenvalue weighted by molar-refractivity contribution is 5.74. The lowest BCUT2D eigenvalue weighted by Crippen LogP contribution is -2.30. The number of hydrogen-bond acceptors (Lipinski definition) is 3. The van der Waals surface area contributed by atoms with Gasteiger partial charge in [0, 0.05) is 5.41 Å². The summed E-state index contributed by atoms with van der Waals surface area (Å²) >= 11 is 0. The van der Waals surface area contributed by atoms with Crippen molar-refractivity contribution in [2.24, 2.45) is 11.3 Å². The van der Waals surface area contributed by atoms with Gasteiger partial charge in [0.15, 0.2) is 0 Å². The molecular formula is C10H13NO2. The van der Waals surface area contributed by atoms with Crippen LogP contribution in [0, 0.1) is 35.2 Å². The molecule has 0 amide bonds. The first kappa shape index (κ1) is 11.5. The van der Waals surface area contributed by atoms with E-state index in [0.29, 0.717) is 6.42 Å². The van der Waals surface area contributed by atoms with Crippen LogP contribution in [0.1, 0.15) is 27.2 Å². The van der Waals surface area contributed by atoms with E-state index in [9.17, 15) is 4.79 Å². The van der Waals surface area contributed by atoms with Crippen LogP contribution in [0.4, 0.5) is 0 Å². The molecule has 0 fully saturated rings. The number of carbonyl (C=O) groups excluding carboxylic acids is 1. The summed E-state index contributed by atoms with van der Waals surface area (Å²) in [5.41, 5.74) is -0.567. The Hall–Kier alpha value is -1.48. The SMILES string of the molecule is C#CC(C)(C)C(CC)C(=O)OC#N. The Morgan fingerprint density at radius 2 is 2.23 bits per heavy atom. The van der Waals surface area contributed by atoms with Crippen LogP contribution < -0.4 is 0 Å². The fourth-order valence-corrected chi connectivity index (χ4v) is 1.19. The van der Waals surface area contributed by atoms with Gasteiger partial charge in [-0.3, -0.25) is 4.79 Å². The monoisotopic (exact) mass is 179 g/mol. The minimum Gasteiger partial charge on any atom is -0.351 e. The Balaban J connectivity index is 4.64. The number of esters is 1. The Bertz CT molecular complexity index is 268. The maximum Gasteiger partial charge on any atom is 0.326 e. The molecule has 0 aromatic carbocycles. The van der Waals surface area contributed by atoms with Gasteiger partial charge in [-0.1, -0.05) is 12.8 Å². The normalized spacial score (nSPS) is 12.4. The molecule has 0 spiro atoms. The summed E-state index contributed by atoms with van der Waals surface area (Å²) in [6.07, 6.45) is 7.20. The average Bonchev–Trinajstić information content (AvgIpc) is 2.05. The fourth-order valence-electron chi connectivity index (χ4n) is 1.19. The van der Waals surface area contributed by atoms with E-state index in [-0.39, 0.29) is 0 Å². The summed E-state index contributed by atoms with van der Waals surface area (Å²) in [5, 5.41) is 8.17. The smallest absolute Gasteiger partial charge is 0.326 e. The highest BCUT2D eigenvalue weighted by Crippen LogP contribution is 2.29. The van der Waals surface area contributed by atoms with Crippen LogP contribution in [-0.2, 0) is 9.53 Å². The Morgan fingerprint density at radius 1 is 1.69 bits per heavy atom. The lowest BCUT2D eigenvalue weighted by Gasteiger charge is -2.25. The van der Waals surface area contributed by atoms with Gasteiger partial charge >= 0.3 is 5.97 Å². The topological polar surface area (TPSA) is 50.1 Å². The lowest BCUT2D eigenvalue weighted by atomic mass is 9.78. The van der Waals surface area contributed by atoms with E-state index in [4.69, 9.17) is 11.7 Å². The number of rotatable bonds is 3. The van der Waals surface area contributed by atoms with Gasteiger partial charge in [-0.05, 0) is 20.3 Å². The zero-order valence-electron chi connectivity index (χ0n) is 8.13. The van der Waals surface area contributed by atoms with Gasteiger partial charge in [0.1, 0.15) is 0 Å². The molecule has 0 radical (unpaired) electrons. The molecule has 0 aliphatic carbocycles. The van der Waals surface area contributed by atoms with Crippen LogP contribution in [0.15, 0.2) is 0 Å². The first-order valence-electron chi connectivity index (χ1n) is 4.07. The summed E-state index contributed by atoms with van der Waals surface area (Å²) in [4.78, 5) is 11.2. The van der Waals surface area contributed by atoms with Crippen LogP contribution in [0.2, 0.25) is 0 Å². The van der Waals surface area contributed by atoms with Crippen molar-refractivity contribution in [2.45, 2.75) is 27.2 Å². The minimum absolute atomic E-state index is 0.419. The minimum atomic E-state index is -0.567. The fraction of sp³-hybridized carbons (Fsp3) is 0.600. The molecule has 13 heavy (non-hydrogen) atoms. The first-order valence-corrected chi connectivity index (χ1v) is 4.07. The number of nitrogens with zero attached hydrogens (tertiary/aromatic N) is 1. The summed E-state index contributed by atoms with van der Waals surface area (Å²) in [5.74, 6) is 1.55. The molecule has 0 aromatic rings. The van der Waals surface area contributed by atoms with Crippen molar-refractivity contribution in [1.29, 1.82) is 5.26 Å². The van der Waals surface area contributed by atoms with E-state index in [2.05, 4.69) is 10.7 Å². The first-order chi connectivity index (χ1) is 5.99. The van der Waals surface area contributed by atoms with Crippen molar-refractivity contribution in [1.82, 2.24) is 0 Å². The molecule has 0 heterocycles. The van der Waals surface area contributed by atoms with Crippen molar-refractivity contribution >= 4 is 5.97 Å². The van der Waals surface area contributed by atoms with Gasteiger partial charge in [-0.25, -0.2) is 0 Å². The Morgan fingerprint density at radius 3 is 2.54 bits per heavy atom. The molecular weight excluding hydrogens is 166 g/mol. The molecule has 70 valence electrons. The highest BCUT2D eigenvalue weighted by Gasteiger charge is 2.33. The van der Waals surface area contributed by atoms with Crippen LogP contribution in [0.3, 0.4) is 0 Å². The largest absolute Gasteiger partial charge is 0.351 e. The second kappa shape index (κ2) is 4.52. The quantitative estimate of drug-likeness (QED) is 0.376. The molecule has 1 atom stereocenters. The summed E-state index contributed by atoms with van der Waals surface area (Å²) < 4.78 is 4.25. The number of carbonyl (C=O) groups is 1. The molecule has 0 saturated heterocycles. The van der Waals surface area contributed by atoms with Gasteiger partial charge in [-0.2, -0.15) is 0 Å². The van der Waals surface area contributed by atoms with Gasteiger partial charge in [0.2, 0.25) is 0 Å². The van der Waals surface area contributed by atoms with E-state index < -0.39 is 17.3 Å². The second-order valence-corrected chi connectivity index (χ2v) is 3.34. The van der Waals surface area contributed by atoms with Crippen molar-refractivity contribution in [2.75, 3.05) is 0 Å². The molecule has 3 heteroatoms. The third kappa shape index (κ3) is 2.80. The lowest BCUT2D eigenvalue weighted by molar-refractivity contribution is -0.144.